The number of hydrogen-bond acceptors (Lipinski definition) is 3. The van der Waals surface area contributed by atoms with Crippen LogP contribution in [0.4, 0.5) is 5.82 Å². The van der Waals surface area contributed by atoms with Crippen molar-refractivity contribution in [3.05, 3.63) is 35.5 Å². The van der Waals surface area contributed by atoms with Crippen LogP contribution in [0, 0.1) is 0 Å². The van der Waals surface area contributed by atoms with Gasteiger partial charge in [-0.3, -0.25) is 4.68 Å². The van der Waals surface area contributed by atoms with E-state index in [1.165, 1.54) is 0 Å². The van der Waals surface area contributed by atoms with Crippen molar-refractivity contribution >= 4 is 17.4 Å². The maximum absolute atomic E-state index is 8.81. The van der Waals surface area contributed by atoms with E-state index < -0.39 is 0 Å². The first-order chi connectivity index (χ1) is 7.70. The quantitative estimate of drug-likeness (QED) is 0.855. The molecule has 1 aromatic carbocycles. The minimum Gasteiger partial charge on any atom is -0.394 e. The molecule has 0 aliphatic rings. The van der Waals surface area contributed by atoms with Crippen LogP contribution < -0.4 is 5.73 Å². The molecule has 0 saturated heterocycles. The van der Waals surface area contributed by atoms with E-state index in [-0.39, 0.29) is 6.61 Å². The fourth-order valence-electron chi connectivity index (χ4n) is 1.51. The SMILES string of the molecule is Nc1nn(CCO)cc1-c1ccc(Cl)cc1. The van der Waals surface area contributed by atoms with E-state index in [2.05, 4.69) is 5.10 Å². The van der Waals surface area contributed by atoms with Gasteiger partial charge in [-0.1, -0.05) is 23.7 Å². The Bertz CT molecular complexity index is 478. The van der Waals surface area contributed by atoms with E-state index in [0.717, 1.165) is 11.1 Å². The number of nitrogens with zero attached hydrogens (tertiary/aromatic N) is 2. The lowest BCUT2D eigenvalue weighted by Crippen LogP contribution is -2.02. The number of hydrogen-bond donors (Lipinski definition) is 2. The van der Waals surface area contributed by atoms with Crippen molar-refractivity contribution in [1.29, 1.82) is 0 Å². The lowest BCUT2D eigenvalue weighted by Gasteiger charge is -1.98. The maximum atomic E-state index is 8.81. The number of rotatable bonds is 3. The molecular weight excluding hydrogens is 226 g/mol. The Balaban J connectivity index is 2.36. The first-order valence-electron chi connectivity index (χ1n) is 4.90. The average molecular weight is 238 g/mol. The molecule has 1 heterocycles. The first-order valence-corrected chi connectivity index (χ1v) is 5.28. The number of aliphatic hydroxyl groups is 1. The molecule has 0 fully saturated rings. The summed E-state index contributed by atoms with van der Waals surface area (Å²) in [6.45, 7) is 0.485. The van der Waals surface area contributed by atoms with Gasteiger partial charge in [0.25, 0.3) is 0 Å². The molecule has 4 nitrogen and oxygen atoms in total. The van der Waals surface area contributed by atoms with E-state index in [1.807, 2.05) is 18.3 Å². The van der Waals surface area contributed by atoms with Crippen LogP contribution in [-0.4, -0.2) is 21.5 Å². The van der Waals surface area contributed by atoms with Crippen molar-refractivity contribution in [2.75, 3.05) is 12.3 Å². The molecule has 0 aliphatic carbocycles. The Hall–Kier alpha value is -1.52. The smallest absolute Gasteiger partial charge is 0.153 e. The average Bonchev–Trinajstić information content (AvgIpc) is 2.61. The van der Waals surface area contributed by atoms with Gasteiger partial charge >= 0.3 is 0 Å². The van der Waals surface area contributed by atoms with Gasteiger partial charge in [0.15, 0.2) is 5.82 Å². The van der Waals surface area contributed by atoms with Crippen molar-refractivity contribution in [2.45, 2.75) is 6.54 Å². The summed E-state index contributed by atoms with van der Waals surface area (Å²) in [5.41, 5.74) is 7.61. The number of aliphatic hydroxyl groups excluding tert-OH is 1. The summed E-state index contributed by atoms with van der Waals surface area (Å²) in [4.78, 5) is 0. The topological polar surface area (TPSA) is 64.1 Å². The molecule has 2 rings (SSSR count). The molecule has 0 aliphatic heterocycles. The third-order valence-corrected chi connectivity index (χ3v) is 2.53. The van der Waals surface area contributed by atoms with Crippen LogP contribution in [0.1, 0.15) is 0 Å². The van der Waals surface area contributed by atoms with Crippen LogP contribution in [0.2, 0.25) is 5.02 Å². The van der Waals surface area contributed by atoms with Gasteiger partial charge in [-0.25, -0.2) is 0 Å². The third kappa shape index (κ3) is 2.18. The second-order valence-electron chi connectivity index (χ2n) is 3.42. The molecule has 0 unspecified atom stereocenters. The Morgan fingerprint density at radius 3 is 2.62 bits per heavy atom. The maximum Gasteiger partial charge on any atom is 0.153 e. The zero-order valence-corrected chi connectivity index (χ0v) is 9.35. The van der Waals surface area contributed by atoms with E-state index in [4.69, 9.17) is 22.4 Å². The normalized spacial score (nSPS) is 10.6. The van der Waals surface area contributed by atoms with E-state index in [9.17, 15) is 0 Å². The number of benzene rings is 1. The van der Waals surface area contributed by atoms with Crippen LogP contribution in [-0.2, 0) is 6.54 Å². The molecule has 0 radical (unpaired) electrons. The van der Waals surface area contributed by atoms with Gasteiger partial charge in [0, 0.05) is 16.8 Å². The van der Waals surface area contributed by atoms with Crippen molar-refractivity contribution in [1.82, 2.24) is 9.78 Å². The van der Waals surface area contributed by atoms with Crippen molar-refractivity contribution in [2.24, 2.45) is 0 Å². The molecule has 1 aromatic heterocycles. The number of anilines is 1. The van der Waals surface area contributed by atoms with E-state index >= 15 is 0 Å². The monoisotopic (exact) mass is 237 g/mol. The third-order valence-electron chi connectivity index (χ3n) is 2.27. The summed E-state index contributed by atoms with van der Waals surface area (Å²) < 4.78 is 1.62. The molecule has 16 heavy (non-hydrogen) atoms. The largest absolute Gasteiger partial charge is 0.394 e. The van der Waals surface area contributed by atoms with E-state index in [0.29, 0.717) is 17.4 Å². The van der Waals surface area contributed by atoms with Crippen LogP contribution in [0.25, 0.3) is 11.1 Å². The van der Waals surface area contributed by atoms with Gasteiger partial charge in [-0.2, -0.15) is 5.10 Å². The molecule has 5 heteroatoms. The molecule has 0 spiro atoms. The van der Waals surface area contributed by atoms with Crippen LogP contribution >= 0.6 is 11.6 Å². The highest BCUT2D eigenvalue weighted by atomic mass is 35.5. The van der Waals surface area contributed by atoms with Gasteiger partial charge in [-0.15, -0.1) is 0 Å². The molecule has 84 valence electrons. The van der Waals surface area contributed by atoms with Gasteiger partial charge in [0.05, 0.1) is 13.2 Å². The predicted octanol–water partition coefficient (Wildman–Crippen LogP) is 1.78. The second-order valence-corrected chi connectivity index (χ2v) is 3.86. The highest BCUT2D eigenvalue weighted by molar-refractivity contribution is 6.30. The van der Waals surface area contributed by atoms with Gasteiger partial charge in [0.1, 0.15) is 0 Å². The molecule has 3 N–H and O–H groups in total. The summed E-state index contributed by atoms with van der Waals surface area (Å²) >= 11 is 5.81. The summed E-state index contributed by atoms with van der Waals surface area (Å²) in [7, 11) is 0. The van der Waals surface area contributed by atoms with Crippen LogP contribution in [0.15, 0.2) is 30.5 Å². The van der Waals surface area contributed by atoms with Crippen molar-refractivity contribution < 1.29 is 5.11 Å². The Morgan fingerprint density at radius 1 is 1.31 bits per heavy atom. The minimum atomic E-state index is 0.0428. The predicted molar refractivity (Wildman–Crippen MR) is 64.2 cm³/mol. The Labute approximate surface area is 98.3 Å². The standard InChI is InChI=1S/C11H12ClN3O/c12-9-3-1-8(2-4-9)10-7-15(5-6-16)14-11(10)13/h1-4,7,16H,5-6H2,(H2,13,14). The highest BCUT2D eigenvalue weighted by Crippen LogP contribution is 2.25. The molecule has 2 aromatic rings. The molecule has 0 bridgehead atoms. The van der Waals surface area contributed by atoms with Gasteiger partial charge in [-0.05, 0) is 17.7 Å². The summed E-state index contributed by atoms with van der Waals surface area (Å²) in [5.74, 6) is 0.454. The number of halogens is 1. The molecule has 0 atom stereocenters. The zero-order chi connectivity index (χ0) is 11.5. The number of nitrogen functional groups attached to an aromatic ring is 1. The zero-order valence-electron chi connectivity index (χ0n) is 8.60. The number of nitrogens with two attached hydrogens (primary N) is 1. The Kier molecular flexibility index (Phi) is 3.12. The minimum absolute atomic E-state index is 0.0428. The second kappa shape index (κ2) is 4.55. The van der Waals surface area contributed by atoms with Crippen LogP contribution in [0.3, 0.4) is 0 Å². The number of aromatic nitrogens is 2. The van der Waals surface area contributed by atoms with Gasteiger partial charge < -0.3 is 10.8 Å². The summed E-state index contributed by atoms with van der Waals surface area (Å²) in [6.07, 6.45) is 1.81. The summed E-state index contributed by atoms with van der Waals surface area (Å²) in [6, 6.07) is 7.39. The van der Waals surface area contributed by atoms with Crippen molar-refractivity contribution in [3.63, 3.8) is 0 Å². The van der Waals surface area contributed by atoms with Crippen molar-refractivity contribution in [3.8, 4) is 11.1 Å². The lowest BCUT2D eigenvalue weighted by atomic mass is 10.1. The van der Waals surface area contributed by atoms with E-state index in [1.54, 1.807) is 16.8 Å². The fourth-order valence-corrected chi connectivity index (χ4v) is 1.63. The fraction of sp³-hybridized carbons (Fsp3) is 0.182. The molecule has 0 amide bonds. The summed E-state index contributed by atoms with van der Waals surface area (Å²) in [5, 5.41) is 13.6. The molecular formula is C11H12ClN3O. The van der Waals surface area contributed by atoms with Crippen LogP contribution in [0.5, 0.6) is 0 Å². The molecule has 0 saturated carbocycles. The van der Waals surface area contributed by atoms with Gasteiger partial charge in [0.2, 0.25) is 0 Å². The Morgan fingerprint density at radius 2 is 2.00 bits per heavy atom. The highest BCUT2D eigenvalue weighted by Gasteiger charge is 2.07. The first kappa shape index (κ1) is 11.0. The lowest BCUT2D eigenvalue weighted by molar-refractivity contribution is 0.269.